The predicted molar refractivity (Wildman–Crippen MR) is 46.9 cm³/mol. The van der Waals surface area contributed by atoms with Gasteiger partial charge in [0, 0.05) is 5.33 Å². The van der Waals surface area contributed by atoms with E-state index in [1.165, 1.54) is 5.56 Å². The number of hydrazine groups is 1. The molecule has 0 aromatic heterocycles. The summed E-state index contributed by atoms with van der Waals surface area (Å²) in [6, 6.07) is 7.89. The number of hydrogen-bond acceptors (Lipinski definition) is 2. The van der Waals surface area contributed by atoms with E-state index in [4.69, 9.17) is 5.84 Å². The first-order chi connectivity index (χ1) is 4.88. The van der Waals surface area contributed by atoms with Crippen molar-refractivity contribution in [3.05, 3.63) is 29.8 Å². The van der Waals surface area contributed by atoms with Crippen molar-refractivity contribution >= 4 is 21.6 Å². The maximum absolute atomic E-state index is 5.26. The number of nitrogen functional groups attached to an aromatic ring is 1. The number of halogens is 1. The third-order valence-electron chi connectivity index (χ3n) is 1.32. The van der Waals surface area contributed by atoms with Crippen molar-refractivity contribution in [1.82, 2.24) is 0 Å². The Balaban J connectivity index is 2.96. The molecule has 2 nitrogen and oxygen atoms in total. The molecule has 0 unspecified atom stereocenters. The second-order valence-corrected chi connectivity index (χ2v) is 2.50. The van der Waals surface area contributed by atoms with Crippen molar-refractivity contribution in [2.45, 2.75) is 5.33 Å². The van der Waals surface area contributed by atoms with Gasteiger partial charge in [0.1, 0.15) is 0 Å². The molecule has 1 aromatic rings. The number of alkyl halides is 1. The van der Waals surface area contributed by atoms with Crippen molar-refractivity contribution in [3.63, 3.8) is 0 Å². The molecule has 1 aromatic carbocycles. The normalized spacial score (nSPS) is 9.40. The van der Waals surface area contributed by atoms with Crippen LogP contribution in [0, 0.1) is 0 Å². The summed E-state index contributed by atoms with van der Waals surface area (Å²) >= 11 is 3.35. The van der Waals surface area contributed by atoms with Gasteiger partial charge in [-0.3, -0.25) is 5.84 Å². The second-order valence-electron chi connectivity index (χ2n) is 1.94. The molecule has 0 spiro atoms. The Kier molecular flexibility index (Phi) is 2.71. The molecule has 0 fully saturated rings. The molecule has 0 heterocycles. The molecule has 3 heteroatoms. The highest BCUT2D eigenvalue weighted by atomic mass is 79.9. The van der Waals surface area contributed by atoms with Gasteiger partial charge in [-0.25, -0.2) is 0 Å². The predicted octanol–water partition coefficient (Wildman–Crippen LogP) is 1.87. The molecule has 1 rings (SSSR count). The molecule has 0 atom stereocenters. The SMILES string of the molecule is NNc1ccccc1CBr. The van der Waals surface area contributed by atoms with Crippen LogP contribution in [0.2, 0.25) is 0 Å². The van der Waals surface area contributed by atoms with E-state index >= 15 is 0 Å². The van der Waals surface area contributed by atoms with Crippen molar-refractivity contribution < 1.29 is 0 Å². The minimum Gasteiger partial charge on any atom is -0.324 e. The Morgan fingerprint density at radius 2 is 2.10 bits per heavy atom. The lowest BCUT2D eigenvalue weighted by Gasteiger charge is -2.03. The van der Waals surface area contributed by atoms with Gasteiger partial charge in [0.15, 0.2) is 0 Å². The molecule has 0 aliphatic carbocycles. The number of anilines is 1. The highest BCUT2D eigenvalue weighted by Crippen LogP contribution is 2.15. The lowest BCUT2D eigenvalue weighted by molar-refractivity contribution is 1.30. The summed E-state index contributed by atoms with van der Waals surface area (Å²) in [6.45, 7) is 0. The standard InChI is InChI=1S/C7H9BrN2/c8-5-6-3-1-2-4-7(6)10-9/h1-4,10H,5,9H2. The molecule has 54 valence electrons. The molecule has 0 amide bonds. The minimum absolute atomic E-state index is 0.827. The van der Waals surface area contributed by atoms with E-state index in [2.05, 4.69) is 21.4 Å². The average molecular weight is 201 g/mol. The summed E-state index contributed by atoms with van der Waals surface area (Å²) in [5.41, 5.74) is 4.76. The van der Waals surface area contributed by atoms with Crippen molar-refractivity contribution in [1.29, 1.82) is 0 Å². The molecule has 0 aliphatic rings. The van der Waals surface area contributed by atoms with Crippen LogP contribution in [0.5, 0.6) is 0 Å². The third kappa shape index (κ3) is 1.49. The van der Waals surface area contributed by atoms with Crippen molar-refractivity contribution in [2.24, 2.45) is 5.84 Å². The van der Waals surface area contributed by atoms with Crippen LogP contribution in [-0.4, -0.2) is 0 Å². The summed E-state index contributed by atoms with van der Waals surface area (Å²) in [5.74, 6) is 5.26. The number of hydrogen-bond donors (Lipinski definition) is 2. The molecule has 0 saturated heterocycles. The topological polar surface area (TPSA) is 38.0 Å². The van der Waals surface area contributed by atoms with E-state index < -0.39 is 0 Å². The van der Waals surface area contributed by atoms with Crippen LogP contribution >= 0.6 is 15.9 Å². The fourth-order valence-corrected chi connectivity index (χ4v) is 1.27. The van der Waals surface area contributed by atoms with Gasteiger partial charge in [0.25, 0.3) is 0 Å². The lowest BCUT2D eigenvalue weighted by Crippen LogP contribution is -2.08. The summed E-state index contributed by atoms with van der Waals surface area (Å²) in [7, 11) is 0. The van der Waals surface area contributed by atoms with Gasteiger partial charge >= 0.3 is 0 Å². The van der Waals surface area contributed by atoms with Gasteiger partial charge in [0.2, 0.25) is 0 Å². The van der Waals surface area contributed by atoms with Gasteiger partial charge in [0.05, 0.1) is 5.69 Å². The minimum atomic E-state index is 0.827. The van der Waals surface area contributed by atoms with E-state index in [0.29, 0.717) is 0 Å². The number of benzene rings is 1. The summed E-state index contributed by atoms with van der Waals surface area (Å²) in [4.78, 5) is 0. The molecule has 0 saturated carbocycles. The number of nitrogens with one attached hydrogen (secondary N) is 1. The van der Waals surface area contributed by atoms with Crippen molar-refractivity contribution in [2.75, 3.05) is 5.43 Å². The van der Waals surface area contributed by atoms with E-state index in [1.54, 1.807) is 0 Å². The van der Waals surface area contributed by atoms with E-state index in [9.17, 15) is 0 Å². The van der Waals surface area contributed by atoms with E-state index in [-0.39, 0.29) is 0 Å². The quantitative estimate of drug-likeness (QED) is 0.435. The van der Waals surface area contributed by atoms with Gasteiger partial charge in [-0.15, -0.1) is 0 Å². The molecular formula is C7H9BrN2. The molecule has 3 N–H and O–H groups in total. The largest absolute Gasteiger partial charge is 0.324 e. The Labute approximate surface area is 68.5 Å². The fourth-order valence-electron chi connectivity index (χ4n) is 0.778. The highest BCUT2D eigenvalue weighted by Gasteiger charge is 1.94. The Morgan fingerprint density at radius 3 is 2.60 bits per heavy atom. The summed E-state index contributed by atoms with van der Waals surface area (Å²) < 4.78 is 0. The Hall–Kier alpha value is -0.540. The van der Waals surface area contributed by atoms with Crippen molar-refractivity contribution in [3.8, 4) is 0 Å². The maximum Gasteiger partial charge on any atom is 0.0525 e. The van der Waals surface area contributed by atoms with Gasteiger partial charge in [-0.05, 0) is 11.6 Å². The summed E-state index contributed by atoms with van der Waals surface area (Å²) in [5, 5.41) is 0.827. The number of para-hydroxylation sites is 1. The smallest absolute Gasteiger partial charge is 0.0525 e. The second kappa shape index (κ2) is 3.58. The first-order valence-electron chi connectivity index (χ1n) is 2.99. The molecule has 10 heavy (non-hydrogen) atoms. The van der Waals surface area contributed by atoms with E-state index in [1.807, 2.05) is 24.3 Å². The Bertz CT molecular complexity index is 190. The zero-order valence-electron chi connectivity index (χ0n) is 5.47. The van der Waals surface area contributed by atoms with Crippen LogP contribution in [0.4, 0.5) is 5.69 Å². The first-order valence-corrected chi connectivity index (χ1v) is 4.11. The van der Waals surface area contributed by atoms with Gasteiger partial charge in [-0.2, -0.15) is 0 Å². The van der Waals surface area contributed by atoms with Crippen LogP contribution in [0.1, 0.15) is 5.56 Å². The van der Waals surface area contributed by atoms with Crippen LogP contribution in [0.3, 0.4) is 0 Å². The molecule has 0 radical (unpaired) electrons. The molecule has 0 bridgehead atoms. The third-order valence-corrected chi connectivity index (χ3v) is 1.92. The highest BCUT2D eigenvalue weighted by molar-refractivity contribution is 9.08. The van der Waals surface area contributed by atoms with E-state index in [0.717, 1.165) is 11.0 Å². The monoisotopic (exact) mass is 200 g/mol. The zero-order chi connectivity index (χ0) is 7.40. The van der Waals surface area contributed by atoms with Gasteiger partial charge in [-0.1, -0.05) is 34.1 Å². The number of rotatable bonds is 2. The average Bonchev–Trinajstić information content (AvgIpc) is 2.04. The lowest BCUT2D eigenvalue weighted by atomic mass is 10.2. The molecular weight excluding hydrogens is 192 g/mol. The van der Waals surface area contributed by atoms with Gasteiger partial charge < -0.3 is 5.43 Å². The van der Waals surface area contributed by atoms with Crippen LogP contribution < -0.4 is 11.3 Å². The summed E-state index contributed by atoms with van der Waals surface area (Å²) in [6.07, 6.45) is 0. The number of nitrogens with two attached hydrogens (primary N) is 1. The fraction of sp³-hybridized carbons (Fsp3) is 0.143. The molecule has 0 aliphatic heterocycles. The Morgan fingerprint density at radius 1 is 1.40 bits per heavy atom. The first kappa shape index (κ1) is 7.57. The van der Waals surface area contributed by atoms with Crippen LogP contribution in [0.15, 0.2) is 24.3 Å². The maximum atomic E-state index is 5.26. The van der Waals surface area contributed by atoms with Crippen LogP contribution in [0.25, 0.3) is 0 Å². The van der Waals surface area contributed by atoms with Crippen LogP contribution in [-0.2, 0) is 5.33 Å². The zero-order valence-corrected chi connectivity index (χ0v) is 7.06.